The first-order valence-electron chi connectivity index (χ1n) is 6.15. The quantitative estimate of drug-likeness (QED) is 0.793. The summed E-state index contributed by atoms with van der Waals surface area (Å²) in [6, 6.07) is 16.4. The molecule has 0 aliphatic rings. The van der Waals surface area contributed by atoms with Crippen molar-refractivity contribution in [1.82, 2.24) is 9.78 Å². The van der Waals surface area contributed by atoms with Gasteiger partial charge in [0.2, 0.25) is 0 Å². The van der Waals surface area contributed by atoms with Crippen molar-refractivity contribution >= 4 is 32.5 Å². The van der Waals surface area contributed by atoms with Gasteiger partial charge in [-0.15, -0.1) is 0 Å². The fourth-order valence-corrected chi connectivity index (χ4v) is 2.63. The maximum Gasteiger partial charge on any atom is 0.0894 e. The van der Waals surface area contributed by atoms with E-state index in [9.17, 15) is 0 Å². The van der Waals surface area contributed by atoms with Gasteiger partial charge < -0.3 is 5.32 Å². The van der Waals surface area contributed by atoms with Crippen LogP contribution in [0.2, 0.25) is 0 Å². The lowest BCUT2D eigenvalue weighted by Gasteiger charge is -2.06. The van der Waals surface area contributed by atoms with Gasteiger partial charge in [-0.3, -0.25) is 4.68 Å². The summed E-state index contributed by atoms with van der Waals surface area (Å²) >= 11 is 3.54. The van der Waals surface area contributed by atoms with Crippen molar-refractivity contribution in [2.45, 2.75) is 6.54 Å². The molecule has 0 fully saturated rings. The molecule has 3 rings (SSSR count). The van der Waals surface area contributed by atoms with Crippen molar-refractivity contribution < 1.29 is 0 Å². The number of hydrogen-bond acceptors (Lipinski definition) is 2. The number of benzene rings is 2. The minimum absolute atomic E-state index is 0.712. The van der Waals surface area contributed by atoms with Gasteiger partial charge in [0.05, 0.1) is 17.8 Å². The maximum absolute atomic E-state index is 4.57. The van der Waals surface area contributed by atoms with Crippen LogP contribution in [0.5, 0.6) is 0 Å². The van der Waals surface area contributed by atoms with E-state index in [0.29, 0.717) is 6.54 Å². The third-order valence-electron chi connectivity index (χ3n) is 3.15. The third-order valence-corrected chi connectivity index (χ3v) is 3.85. The van der Waals surface area contributed by atoms with Crippen LogP contribution in [0.4, 0.5) is 5.69 Å². The topological polar surface area (TPSA) is 29.9 Å². The average Bonchev–Trinajstić information content (AvgIpc) is 2.75. The van der Waals surface area contributed by atoms with Crippen LogP contribution in [0, 0.1) is 0 Å². The summed E-state index contributed by atoms with van der Waals surface area (Å²) in [6.07, 6.45) is 0. The van der Waals surface area contributed by atoms with Crippen LogP contribution in [0.1, 0.15) is 5.69 Å². The predicted molar refractivity (Wildman–Crippen MR) is 82.2 cm³/mol. The molecule has 19 heavy (non-hydrogen) atoms. The lowest BCUT2D eigenvalue weighted by Crippen LogP contribution is -2.01. The molecule has 3 nitrogen and oxygen atoms in total. The number of aryl methyl sites for hydroxylation is 1. The Kier molecular flexibility index (Phi) is 3.25. The molecule has 0 saturated heterocycles. The summed E-state index contributed by atoms with van der Waals surface area (Å²) in [5.41, 5.74) is 3.30. The van der Waals surface area contributed by atoms with E-state index in [0.717, 1.165) is 21.4 Å². The molecule has 0 atom stereocenters. The summed E-state index contributed by atoms with van der Waals surface area (Å²) in [5, 5.41) is 9.18. The number of fused-ring (bicyclic) bond motifs is 1. The first kappa shape index (κ1) is 12.2. The number of rotatable bonds is 3. The highest BCUT2D eigenvalue weighted by Crippen LogP contribution is 2.23. The van der Waals surface area contributed by atoms with Gasteiger partial charge in [0.25, 0.3) is 0 Å². The molecule has 0 unspecified atom stereocenters. The van der Waals surface area contributed by atoms with Crippen LogP contribution in [-0.4, -0.2) is 9.78 Å². The second kappa shape index (κ2) is 5.05. The molecule has 3 aromatic rings. The Morgan fingerprint density at radius 2 is 1.84 bits per heavy atom. The van der Waals surface area contributed by atoms with Gasteiger partial charge in [-0.2, -0.15) is 5.10 Å². The second-order valence-corrected chi connectivity index (χ2v) is 5.28. The molecule has 0 saturated carbocycles. The third kappa shape index (κ3) is 2.36. The molecule has 4 heteroatoms. The summed E-state index contributed by atoms with van der Waals surface area (Å²) < 4.78 is 2.99. The Balaban J connectivity index is 1.88. The van der Waals surface area contributed by atoms with Gasteiger partial charge in [0, 0.05) is 22.6 Å². The number of halogens is 1. The minimum atomic E-state index is 0.712. The Morgan fingerprint density at radius 3 is 2.68 bits per heavy atom. The van der Waals surface area contributed by atoms with E-state index in [1.54, 1.807) is 0 Å². The minimum Gasteiger partial charge on any atom is -0.378 e. The summed E-state index contributed by atoms with van der Waals surface area (Å²) in [6.45, 7) is 0.712. The monoisotopic (exact) mass is 315 g/mol. The van der Waals surface area contributed by atoms with Gasteiger partial charge in [-0.25, -0.2) is 0 Å². The first-order chi connectivity index (χ1) is 9.25. The van der Waals surface area contributed by atoms with E-state index < -0.39 is 0 Å². The molecule has 0 radical (unpaired) electrons. The highest BCUT2D eigenvalue weighted by Gasteiger charge is 2.07. The van der Waals surface area contributed by atoms with Crippen molar-refractivity contribution in [3.8, 4) is 0 Å². The van der Waals surface area contributed by atoms with Crippen molar-refractivity contribution in [2.75, 3.05) is 5.32 Å². The standard InChI is InChI=1S/C15H14BrN3/c1-19-15-9-5-2-6-11(15)14(18-19)10-17-13-8-4-3-7-12(13)16/h2-9,17H,10H2,1H3. The molecular weight excluding hydrogens is 302 g/mol. The molecule has 1 heterocycles. The van der Waals surface area contributed by atoms with Crippen LogP contribution in [-0.2, 0) is 13.6 Å². The highest BCUT2D eigenvalue weighted by atomic mass is 79.9. The van der Waals surface area contributed by atoms with Crippen LogP contribution in [0.15, 0.2) is 53.0 Å². The SMILES string of the molecule is Cn1nc(CNc2ccccc2Br)c2ccccc21. The molecule has 0 bridgehead atoms. The molecule has 0 amide bonds. The molecule has 96 valence electrons. The largest absolute Gasteiger partial charge is 0.378 e. The van der Waals surface area contributed by atoms with Crippen LogP contribution in [0.25, 0.3) is 10.9 Å². The Bertz CT molecular complexity index is 718. The molecule has 1 N–H and O–H groups in total. The van der Waals surface area contributed by atoms with Crippen LogP contribution < -0.4 is 5.32 Å². The molecule has 0 spiro atoms. The van der Waals surface area contributed by atoms with E-state index >= 15 is 0 Å². The number of para-hydroxylation sites is 2. The highest BCUT2D eigenvalue weighted by molar-refractivity contribution is 9.10. The van der Waals surface area contributed by atoms with E-state index in [-0.39, 0.29) is 0 Å². The van der Waals surface area contributed by atoms with Crippen molar-refractivity contribution in [2.24, 2.45) is 7.05 Å². The Labute approximate surface area is 120 Å². The van der Waals surface area contributed by atoms with Gasteiger partial charge in [-0.1, -0.05) is 30.3 Å². The van der Waals surface area contributed by atoms with Crippen molar-refractivity contribution in [1.29, 1.82) is 0 Å². The normalized spacial score (nSPS) is 10.8. The maximum atomic E-state index is 4.57. The second-order valence-electron chi connectivity index (χ2n) is 4.42. The number of nitrogens with one attached hydrogen (secondary N) is 1. The average molecular weight is 316 g/mol. The number of anilines is 1. The van der Waals surface area contributed by atoms with E-state index in [4.69, 9.17) is 0 Å². The van der Waals surface area contributed by atoms with Crippen LogP contribution in [0.3, 0.4) is 0 Å². The van der Waals surface area contributed by atoms with Gasteiger partial charge in [0.1, 0.15) is 0 Å². The lowest BCUT2D eigenvalue weighted by molar-refractivity contribution is 0.771. The van der Waals surface area contributed by atoms with Gasteiger partial charge >= 0.3 is 0 Å². The molecule has 2 aromatic carbocycles. The summed E-state index contributed by atoms with van der Waals surface area (Å²) in [4.78, 5) is 0. The number of hydrogen-bond donors (Lipinski definition) is 1. The molecular formula is C15H14BrN3. The predicted octanol–water partition coefficient (Wildman–Crippen LogP) is 3.95. The van der Waals surface area contributed by atoms with Crippen molar-refractivity contribution in [3.05, 3.63) is 58.7 Å². The zero-order chi connectivity index (χ0) is 13.2. The molecule has 1 aromatic heterocycles. The zero-order valence-electron chi connectivity index (χ0n) is 10.6. The summed E-state index contributed by atoms with van der Waals surface area (Å²) in [7, 11) is 1.98. The number of nitrogens with zero attached hydrogens (tertiary/aromatic N) is 2. The number of aromatic nitrogens is 2. The lowest BCUT2D eigenvalue weighted by atomic mass is 10.2. The van der Waals surface area contributed by atoms with Gasteiger partial charge in [0.15, 0.2) is 0 Å². The van der Waals surface area contributed by atoms with Crippen LogP contribution >= 0.6 is 15.9 Å². The van der Waals surface area contributed by atoms with E-state index in [1.165, 1.54) is 5.39 Å². The smallest absolute Gasteiger partial charge is 0.0894 e. The Morgan fingerprint density at radius 1 is 1.11 bits per heavy atom. The fraction of sp³-hybridized carbons (Fsp3) is 0.133. The zero-order valence-corrected chi connectivity index (χ0v) is 12.2. The van der Waals surface area contributed by atoms with Gasteiger partial charge in [-0.05, 0) is 34.1 Å². The van der Waals surface area contributed by atoms with E-state index in [2.05, 4.69) is 44.5 Å². The molecule has 0 aliphatic heterocycles. The van der Waals surface area contributed by atoms with E-state index in [1.807, 2.05) is 42.1 Å². The Hall–Kier alpha value is -1.81. The first-order valence-corrected chi connectivity index (χ1v) is 6.94. The summed E-state index contributed by atoms with van der Waals surface area (Å²) in [5.74, 6) is 0. The molecule has 0 aliphatic carbocycles. The fourth-order valence-electron chi connectivity index (χ4n) is 2.20. The van der Waals surface area contributed by atoms with Crippen molar-refractivity contribution in [3.63, 3.8) is 0 Å².